The van der Waals surface area contributed by atoms with Crippen molar-refractivity contribution in [3.63, 3.8) is 0 Å². The lowest BCUT2D eigenvalue weighted by Gasteiger charge is -2.31. The van der Waals surface area contributed by atoms with Crippen LogP contribution >= 0.6 is 0 Å². The summed E-state index contributed by atoms with van der Waals surface area (Å²) >= 11 is 0. The van der Waals surface area contributed by atoms with Crippen LogP contribution in [-0.4, -0.2) is 37.8 Å². The third-order valence-corrected chi connectivity index (χ3v) is 7.86. The second-order valence-electron chi connectivity index (χ2n) is 7.82. The molecule has 2 aliphatic heterocycles. The smallest absolute Gasteiger partial charge is 0.243 e. The van der Waals surface area contributed by atoms with Crippen molar-refractivity contribution in [2.45, 2.75) is 50.0 Å². The Hall–Kier alpha value is -2.18. The number of amides is 1. The van der Waals surface area contributed by atoms with Crippen LogP contribution in [0.4, 0.5) is 5.69 Å². The Morgan fingerprint density at radius 2 is 1.71 bits per heavy atom. The van der Waals surface area contributed by atoms with Crippen LogP contribution in [0.2, 0.25) is 0 Å². The van der Waals surface area contributed by atoms with Crippen molar-refractivity contribution in [1.29, 1.82) is 0 Å². The van der Waals surface area contributed by atoms with E-state index in [-0.39, 0.29) is 11.9 Å². The van der Waals surface area contributed by atoms with Crippen LogP contribution in [0.15, 0.2) is 53.4 Å². The molecule has 1 fully saturated rings. The van der Waals surface area contributed by atoms with Crippen LogP contribution in [0.1, 0.15) is 43.7 Å². The molecule has 148 valence electrons. The van der Waals surface area contributed by atoms with Crippen molar-refractivity contribution >= 4 is 21.6 Å². The van der Waals surface area contributed by atoms with Gasteiger partial charge in [-0.25, -0.2) is 8.42 Å². The summed E-state index contributed by atoms with van der Waals surface area (Å²) in [6.45, 7) is 4.61. The summed E-state index contributed by atoms with van der Waals surface area (Å²) in [4.78, 5) is 14.0. The van der Waals surface area contributed by atoms with E-state index in [0.29, 0.717) is 30.3 Å². The van der Waals surface area contributed by atoms with Crippen LogP contribution in [0.25, 0.3) is 0 Å². The predicted octanol–water partition coefficient (Wildman–Crippen LogP) is 3.55. The Balaban J connectivity index is 1.52. The molecule has 5 nitrogen and oxygen atoms in total. The van der Waals surface area contributed by atoms with Crippen molar-refractivity contribution < 1.29 is 13.2 Å². The summed E-state index contributed by atoms with van der Waals surface area (Å²) < 4.78 is 28.0. The number of sulfonamides is 1. The Kier molecular flexibility index (Phi) is 5.02. The minimum Gasteiger partial charge on any atom is -0.309 e. The quantitative estimate of drug-likeness (QED) is 0.794. The highest BCUT2D eigenvalue weighted by Gasteiger charge is 2.33. The number of rotatable bonds is 3. The predicted molar refractivity (Wildman–Crippen MR) is 110 cm³/mol. The van der Waals surface area contributed by atoms with E-state index in [1.165, 1.54) is 5.56 Å². The number of piperidine rings is 1. The molecule has 1 atom stereocenters. The first-order chi connectivity index (χ1) is 13.4. The number of hydrogen-bond acceptors (Lipinski definition) is 3. The van der Waals surface area contributed by atoms with E-state index in [9.17, 15) is 13.2 Å². The summed E-state index contributed by atoms with van der Waals surface area (Å²) in [5, 5.41) is 0. The highest BCUT2D eigenvalue weighted by molar-refractivity contribution is 7.89. The molecule has 0 bridgehead atoms. The maximum absolute atomic E-state index is 13.2. The van der Waals surface area contributed by atoms with Gasteiger partial charge in [-0.15, -0.1) is 0 Å². The molecular weight excluding hydrogens is 372 g/mol. The minimum atomic E-state index is -3.51. The van der Waals surface area contributed by atoms with Crippen LogP contribution in [-0.2, 0) is 21.2 Å². The van der Waals surface area contributed by atoms with E-state index in [1.54, 1.807) is 34.3 Å². The van der Waals surface area contributed by atoms with Gasteiger partial charge in [0.2, 0.25) is 15.9 Å². The largest absolute Gasteiger partial charge is 0.309 e. The number of hydrogen-bond donors (Lipinski definition) is 0. The maximum Gasteiger partial charge on any atom is 0.243 e. The zero-order valence-electron chi connectivity index (χ0n) is 16.3. The van der Waals surface area contributed by atoms with Gasteiger partial charge >= 0.3 is 0 Å². The molecule has 2 aliphatic rings. The SMILES string of the molecule is CC(=O)N1c2ccc(S(=O)(=O)N3CCC(c4ccccc4)CC3)cc2CC1C. The first-order valence-electron chi connectivity index (χ1n) is 9.86. The van der Waals surface area contributed by atoms with Crippen LogP contribution in [0.3, 0.4) is 0 Å². The van der Waals surface area contributed by atoms with E-state index in [1.807, 2.05) is 25.1 Å². The van der Waals surface area contributed by atoms with E-state index < -0.39 is 10.0 Å². The van der Waals surface area contributed by atoms with E-state index in [2.05, 4.69) is 12.1 Å². The normalized spacial score (nSPS) is 20.9. The molecule has 2 aromatic rings. The van der Waals surface area contributed by atoms with Gasteiger partial charge in [-0.1, -0.05) is 30.3 Å². The lowest BCUT2D eigenvalue weighted by atomic mass is 9.90. The molecule has 2 aromatic carbocycles. The second kappa shape index (κ2) is 7.33. The Labute approximate surface area is 167 Å². The van der Waals surface area contributed by atoms with E-state index in [0.717, 1.165) is 24.1 Å². The zero-order valence-corrected chi connectivity index (χ0v) is 17.2. The maximum atomic E-state index is 13.2. The molecule has 1 amide bonds. The van der Waals surface area contributed by atoms with Crippen molar-refractivity contribution in [1.82, 2.24) is 4.31 Å². The number of fused-ring (bicyclic) bond motifs is 1. The lowest BCUT2D eigenvalue weighted by Crippen LogP contribution is -2.37. The van der Waals surface area contributed by atoms with Crippen molar-refractivity contribution in [3.8, 4) is 0 Å². The first-order valence-corrected chi connectivity index (χ1v) is 11.3. The van der Waals surface area contributed by atoms with Gasteiger partial charge in [0.05, 0.1) is 4.90 Å². The summed E-state index contributed by atoms with van der Waals surface area (Å²) in [6, 6.07) is 15.6. The topological polar surface area (TPSA) is 57.7 Å². The second-order valence-corrected chi connectivity index (χ2v) is 9.76. The minimum absolute atomic E-state index is 0.00941. The van der Waals surface area contributed by atoms with Crippen LogP contribution < -0.4 is 4.90 Å². The molecule has 0 aromatic heterocycles. The van der Waals surface area contributed by atoms with Crippen molar-refractivity contribution in [2.24, 2.45) is 0 Å². The summed E-state index contributed by atoms with van der Waals surface area (Å²) in [5.41, 5.74) is 3.06. The zero-order chi connectivity index (χ0) is 19.9. The molecule has 4 rings (SSSR count). The number of anilines is 1. The fourth-order valence-electron chi connectivity index (χ4n) is 4.55. The van der Waals surface area contributed by atoms with Gasteiger partial charge in [0, 0.05) is 31.7 Å². The molecule has 1 unspecified atom stereocenters. The number of carbonyl (C=O) groups excluding carboxylic acids is 1. The standard InChI is InChI=1S/C22H26N2O3S/c1-16-14-20-15-21(8-9-22(20)24(16)17(2)25)28(26,27)23-12-10-19(11-13-23)18-6-4-3-5-7-18/h3-9,15-16,19H,10-14H2,1-2H3. The third-order valence-electron chi connectivity index (χ3n) is 5.97. The molecule has 0 saturated carbocycles. The monoisotopic (exact) mass is 398 g/mol. The molecule has 0 radical (unpaired) electrons. The molecule has 0 N–H and O–H groups in total. The highest BCUT2D eigenvalue weighted by Crippen LogP contribution is 2.36. The highest BCUT2D eigenvalue weighted by atomic mass is 32.2. The average molecular weight is 399 g/mol. The first kappa shape index (κ1) is 19.2. The Morgan fingerprint density at radius 1 is 1.04 bits per heavy atom. The van der Waals surface area contributed by atoms with Gasteiger partial charge in [-0.3, -0.25) is 4.79 Å². The Bertz CT molecular complexity index is 980. The third kappa shape index (κ3) is 3.35. The number of carbonyl (C=O) groups is 1. The number of nitrogens with zero attached hydrogens (tertiary/aromatic N) is 2. The Morgan fingerprint density at radius 3 is 2.36 bits per heavy atom. The van der Waals surface area contributed by atoms with E-state index in [4.69, 9.17) is 0 Å². The molecular formula is C22H26N2O3S. The molecule has 2 heterocycles. The molecule has 0 spiro atoms. The van der Waals surface area contributed by atoms with Gasteiger partial charge in [0.15, 0.2) is 0 Å². The molecule has 28 heavy (non-hydrogen) atoms. The lowest BCUT2D eigenvalue weighted by molar-refractivity contribution is -0.116. The van der Waals surface area contributed by atoms with E-state index >= 15 is 0 Å². The molecule has 0 aliphatic carbocycles. The fraction of sp³-hybridized carbons (Fsp3) is 0.409. The van der Waals surface area contributed by atoms with Gasteiger partial charge in [0.1, 0.15) is 0 Å². The van der Waals surface area contributed by atoms with Crippen LogP contribution in [0, 0.1) is 0 Å². The summed E-state index contributed by atoms with van der Waals surface area (Å²) in [7, 11) is -3.51. The average Bonchev–Trinajstić information content (AvgIpc) is 3.04. The summed E-state index contributed by atoms with van der Waals surface area (Å²) in [5.74, 6) is 0.405. The van der Waals surface area contributed by atoms with Gasteiger partial charge in [0.25, 0.3) is 0 Å². The molecule has 1 saturated heterocycles. The summed E-state index contributed by atoms with van der Waals surface area (Å²) in [6.07, 6.45) is 2.36. The van der Waals surface area contributed by atoms with Gasteiger partial charge in [-0.05, 0) is 61.4 Å². The van der Waals surface area contributed by atoms with Crippen molar-refractivity contribution in [3.05, 3.63) is 59.7 Å². The fourth-order valence-corrected chi connectivity index (χ4v) is 6.07. The number of benzene rings is 2. The van der Waals surface area contributed by atoms with Gasteiger partial charge < -0.3 is 4.90 Å². The van der Waals surface area contributed by atoms with Crippen LogP contribution in [0.5, 0.6) is 0 Å². The van der Waals surface area contributed by atoms with Crippen molar-refractivity contribution in [2.75, 3.05) is 18.0 Å². The van der Waals surface area contributed by atoms with Gasteiger partial charge in [-0.2, -0.15) is 4.31 Å². The molecule has 6 heteroatoms.